The largest absolute Gasteiger partial charge is 0.490 e. The lowest BCUT2D eigenvalue weighted by atomic mass is 10.1. The highest BCUT2D eigenvalue weighted by Crippen LogP contribution is 2.35. The standard InChI is InChI=1S/C27H24BrFN2O3/c1-3-18-9-11-22(12-10-18)31-27(32)21(16-30)13-20-14-25(33-4-2)26(15-23(20)28)34-17-19-7-5-6-8-24(19)29/h5-15H,3-4,17H2,1-2H3,(H,31,32)/b21-13+. The first-order valence-electron chi connectivity index (χ1n) is 10.8. The number of rotatable bonds is 9. The highest BCUT2D eigenvalue weighted by Gasteiger charge is 2.15. The van der Waals surface area contributed by atoms with Gasteiger partial charge in [-0.3, -0.25) is 4.79 Å². The molecule has 1 amide bonds. The van der Waals surface area contributed by atoms with Gasteiger partial charge in [0.25, 0.3) is 5.91 Å². The second kappa shape index (κ2) is 12.0. The minimum atomic E-state index is -0.517. The predicted octanol–water partition coefficient (Wildman–Crippen LogP) is 6.67. The summed E-state index contributed by atoms with van der Waals surface area (Å²) in [7, 11) is 0. The van der Waals surface area contributed by atoms with Crippen LogP contribution in [0.25, 0.3) is 6.08 Å². The monoisotopic (exact) mass is 522 g/mol. The normalized spacial score (nSPS) is 11.0. The lowest BCUT2D eigenvalue weighted by Gasteiger charge is -2.14. The van der Waals surface area contributed by atoms with Crippen molar-refractivity contribution in [3.05, 3.63) is 93.2 Å². The van der Waals surface area contributed by atoms with Gasteiger partial charge in [0.15, 0.2) is 11.5 Å². The van der Waals surface area contributed by atoms with Gasteiger partial charge < -0.3 is 14.8 Å². The molecule has 0 spiro atoms. The van der Waals surface area contributed by atoms with Crippen molar-refractivity contribution in [2.45, 2.75) is 26.9 Å². The van der Waals surface area contributed by atoms with Crippen LogP contribution in [0.1, 0.15) is 30.5 Å². The van der Waals surface area contributed by atoms with Crippen LogP contribution in [0.15, 0.2) is 70.7 Å². The van der Waals surface area contributed by atoms with E-state index in [1.54, 1.807) is 42.5 Å². The molecule has 34 heavy (non-hydrogen) atoms. The number of ether oxygens (including phenoxy) is 2. The zero-order valence-electron chi connectivity index (χ0n) is 18.9. The third kappa shape index (κ3) is 6.46. The fourth-order valence-corrected chi connectivity index (χ4v) is 3.58. The van der Waals surface area contributed by atoms with E-state index in [1.807, 2.05) is 25.1 Å². The van der Waals surface area contributed by atoms with Crippen LogP contribution in [-0.2, 0) is 17.8 Å². The number of halogens is 2. The van der Waals surface area contributed by atoms with Gasteiger partial charge in [0, 0.05) is 15.7 Å². The van der Waals surface area contributed by atoms with Gasteiger partial charge in [-0.2, -0.15) is 5.26 Å². The maximum absolute atomic E-state index is 13.9. The van der Waals surface area contributed by atoms with Crippen LogP contribution in [-0.4, -0.2) is 12.5 Å². The molecule has 7 heteroatoms. The number of carbonyl (C=O) groups excluding carboxylic acids is 1. The van der Waals surface area contributed by atoms with Crippen LogP contribution in [0.5, 0.6) is 11.5 Å². The predicted molar refractivity (Wildman–Crippen MR) is 134 cm³/mol. The molecule has 0 aliphatic heterocycles. The van der Waals surface area contributed by atoms with Crippen LogP contribution >= 0.6 is 15.9 Å². The molecular formula is C27H24BrFN2O3. The number of hydrogen-bond donors (Lipinski definition) is 1. The summed E-state index contributed by atoms with van der Waals surface area (Å²) >= 11 is 3.47. The molecule has 0 heterocycles. The zero-order chi connectivity index (χ0) is 24.5. The van der Waals surface area contributed by atoms with E-state index in [4.69, 9.17) is 9.47 Å². The van der Waals surface area contributed by atoms with E-state index in [1.165, 1.54) is 12.1 Å². The summed E-state index contributed by atoms with van der Waals surface area (Å²) in [5.41, 5.74) is 2.67. The molecule has 5 nitrogen and oxygen atoms in total. The van der Waals surface area contributed by atoms with Crippen molar-refractivity contribution in [1.82, 2.24) is 0 Å². The third-order valence-corrected chi connectivity index (χ3v) is 5.68. The fraction of sp³-hybridized carbons (Fsp3) is 0.185. The highest BCUT2D eigenvalue weighted by molar-refractivity contribution is 9.10. The second-order valence-electron chi connectivity index (χ2n) is 7.31. The fourth-order valence-electron chi connectivity index (χ4n) is 3.14. The molecule has 0 aromatic heterocycles. The maximum Gasteiger partial charge on any atom is 0.266 e. The molecule has 1 N–H and O–H groups in total. The molecule has 0 radical (unpaired) electrons. The van der Waals surface area contributed by atoms with Gasteiger partial charge in [0.2, 0.25) is 0 Å². The van der Waals surface area contributed by atoms with Gasteiger partial charge in [-0.15, -0.1) is 0 Å². The second-order valence-corrected chi connectivity index (χ2v) is 8.16. The molecule has 0 aliphatic rings. The zero-order valence-corrected chi connectivity index (χ0v) is 20.5. The van der Waals surface area contributed by atoms with E-state index in [9.17, 15) is 14.4 Å². The summed E-state index contributed by atoms with van der Waals surface area (Å²) in [4.78, 5) is 12.7. The Morgan fingerprint density at radius 3 is 2.44 bits per heavy atom. The van der Waals surface area contributed by atoms with Crippen molar-refractivity contribution in [1.29, 1.82) is 5.26 Å². The molecular weight excluding hydrogens is 499 g/mol. The molecule has 174 valence electrons. The van der Waals surface area contributed by atoms with Gasteiger partial charge in [-0.1, -0.05) is 53.2 Å². The van der Waals surface area contributed by atoms with E-state index >= 15 is 0 Å². The summed E-state index contributed by atoms with van der Waals surface area (Å²) in [5, 5.41) is 12.3. The topological polar surface area (TPSA) is 71.3 Å². The van der Waals surface area contributed by atoms with Crippen molar-refractivity contribution in [3.8, 4) is 17.6 Å². The molecule has 0 saturated carbocycles. The Kier molecular flexibility index (Phi) is 8.83. The number of nitrogens with one attached hydrogen (secondary N) is 1. The molecule has 0 atom stereocenters. The van der Waals surface area contributed by atoms with Gasteiger partial charge in [-0.05, 0) is 60.9 Å². The van der Waals surface area contributed by atoms with Crippen LogP contribution in [0, 0.1) is 17.1 Å². The minimum absolute atomic E-state index is 0.0248. The lowest BCUT2D eigenvalue weighted by molar-refractivity contribution is -0.112. The Balaban J connectivity index is 1.83. The number of benzene rings is 3. The van der Waals surface area contributed by atoms with Crippen LogP contribution in [0.3, 0.4) is 0 Å². The molecule has 0 aliphatic carbocycles. The van der Waals surface area contributed by atoms with E-state index in [0.717, 1.165) is 12.0 Å². The molecule has 0 unspecified atom stereocenters. The first-order valence-corrected chi connectivity index (χ1v) is 11.6. The van der Waals surface area contributed by atoms with Crippen LogP contribution in [0.4, 0.5) is 10.1 Å². The number of hydrogen-bond acceptors (Lipinski definition) is 4. The van der Waals surface area contributed by atoms with E-state index in [-0.39, 0.29) is 18.0 Å². The molecule has 0 saturated heterocycles. The van der Waals surface area contributed by atoms with Crippen molar-refractivity contribution in [3.63, 3.8) is 0 Å². The summed E-state index contributed by atoms with van der Waals surface area (Å²) < 4.78 is 26.0. The Morgan fingerprint density at radius 1 is 1.09 bits per heavy atom. The summed E-state index contributed by atoms with van der Waals surface area (Å²) in [6, 6.07) is 19.1. The van der Waals surface area contributed by atoms with Gasteiger partial charge >= 0.3 is 0 Å². The number of anilines is 1. The van der Waals surface area contributed by atoms with Crippen LogP contribution in [0.2, 0.25) is 0 Å². The number of nitriles is 1. The van der Waals surface area contributed by atoms with Crippen molar-refractivity contribution in [2.75, 3.05) is 11.9 Å². The highest BCUT2D eigenvalue weighted by atomic mass is 79.9. The first kappa shape index (κ1) is 25.0. The summed E-state index contributed by atoms with van der Waals surface area (Å²) in [5.74, 6) is -0.0428. The number of nitrogens with zero attached hydrogens (tertiary/aromatic N) is 1. The smallest absolute Gasteiger partial charge is 0.266 e. The minimum Gasteiger partial charge on any atom is -0.490 e. The average Bonchev–Trinajstić information content (AvgIpc) is 2.84. The van der Waals surface area contributed by atoms with Gasteiger partial charge in [0.05, 0.1) is 6.61 Å². The molecule has 3 aromatic rings. The summed E-state index contributed by atoms with van der Waals surface area (Å²) in [6.07, 6.45) is 2.37. The van der Waals surface area contributed by atoms with E-state index < -0.39 is 5.91 Å². The van der Waals surface area contributed by atoms with E-state index in [0.29, 0.717) is 39.4 Å². The van der Waals surface area contributed by atoms with Crippen LogP contribution < -0.4 is 14.8 Å². The molecule has 0 bridgehead atoms. The molecule has 0 fully saturated rings. The third-order valence-electron chi connectivity index (χ3n) is 4.99. The number of aryl methyl sites for hydroxylation is 1. The Morgan fingerprint density at radius 2 is 1.79 bits per heavy atom. The van der Waals surface area contributed by atoms with E-state index in [2.05, 4.69) is 28.2 Å². The quantitative estimate of drug-likeness (QED) is 0.251. The Hall–Kier alpha value is -3.63. The van der Waals surface area contributed by atoms with Crippen molar-refractivity contribution >= 4 is 33.6 Å². The maximum atomic E-state index is 13.9. The molecule has 3 aromatic carbocycles. The SMILES string of the molecule is CCOc1cc(/C=C(\C#N)C(=O)Nc2ccc(CC)cc2)c(Br)cc1OCc1ccccc1F. The Bertz CT molecular complexity index is 1230. The van der Waals surface area contributed by atoms with Crippen molar-refractivity contribution in [2.24, 2.45) is 0 Å². The Labute approximate surface area is 207 Å². The lowest BCUT2D eigenvalue weighted by Crippen LogP contribution is -2.13. The number of carbonyl (C=O) groups is 1. The number of amides is 1. The first-order chi connectivity index (χ1) is 16.4. The van der Waals surface area contributed by atoms with Crippen molar-refractivity contribution < 1.29 is 18.7 Å². The summed E-state index contributed by atoms with van der Waals surface area (Å²) in [6.45, 7) is 4.28. The van der Waals surface area contributed by atoms with Gasteiger partial charge in [-0.25, -0.2) is 4.39 Å². The molecule has 3 rings (SSSR count). The van der Waals surface area contributed by atoms with Gasteiger partial charge in [0.1, 0.15) is 24.1 Å². The average molecular weight is 523 g/mol.